The molecule has 31 heavy (non-hydrogen) atoms. The molecule has 6 heteroatoms. The number of nitrogens with zero attached hydrogens (tertiary/aromatic N) is 2. The number of rotatable bonds is 3. The molecule has 0 aromatic heterocycles. The maximum absolute atomic E-state index is 13.2. The van der Waals surface area contributed by atoms with E-state index < -0.39 is 11.8 Å². The van der Waals surface area contributed by atoms with Crippen LogP contribution in [0.3, 0.4) is 0 Å². The van der Waals surface area contributed by atoms with Gasteiger partial charge in [-0.15, -0.1) is 0 Å². The molecule has 0 bridgehead atoms. The number of carbonyl (C=O) groups excluding carboxylic acids is 2. The lowest BCUT2D eigenvalue weighted by Gasteiger charge is -2.42. The molecule has 0 unspecified atom stereocenters. The molecule has 2 amide bonds. The lowest BCUT2D eigenvalue weighted by Crippen LogP contribution is -2.54. The van der Waals surface area contributed by atoms with E-state index in [4.69, 9.17) is 12.2 Å². The van der Waals surface area contributed by atoms with Gasteiger partial charge in [0.1, 0.15) is 5.57 Å². The van der Waals surface area contributed by atoms with Crippen molar-refractivity contribution in [2.75, 3.05) is 16.3 Å². The first kappa shape index (κ1) is 21.0. The van der Waals surface area contributed by atoms with E-state index in [0.29, 0.717) is 5.69 Å². The summed E-state index contributed by atoms with van der Waals surface area (Å²) in [6, 6.07) is 15.1. The van der Waals surface area contributed by atoms with E-state index in [9.17, 15) is 9.59 Å². The van der Waals surface area contributed by atoms with Gasteiger partial charge in [-0.1, -0.05) is 30.3 Å². The highest BCUT2D eigenvalue weighted by atomic mass is 32.1. The first-order valence-electron chi connectivity index (χ1n) is 10.3. The second-order valence-electron chi connectivity index (χ2n) is 8.30. The zero-order valence-corrected chi connectivity index (χ0v) is 18.9. The summed E-state index contributed by atoms with van der Waals surface area (Å²) in [4.78, 5) is 29.5. The molecule has 2 aliphatic rings. The minimum atomic E-state index is -0.483. The Morgan fingerprint density at radius 1 is 1.10 bits per heavy atom. The van der Waals surface area contributed by atoms with Crippen LogP contribution in [0.5, 0.6) is 0 Å². The maximum Gasteiger partial charge on any atom is 0.270 e. The topological polar surface area (TPSA) is 52.7 Å². The summed E-state index contributed by atoms with van der Waals surface area (Å²) < 4.78 is 0. The van der Waals surface area contributed by atoms with Crippen molar-refractivity contribution in [3.8, 4) is 0 Å². The summed E-state index contributed by atoms with van der Waals surface area (Å²) in [6.45, 7) is 9.52. The number of hydrogen-bond donors (Lipinski definition) is 1. The van der Waals surface area contributed by atoms with Crippen LogP contribution in [0.15, 0.2) is 60.2 Å². The molecular formula is C25H25N3O2S. The van der Waals surface area contributed by atoms with Crippen molar-refractivity contribution in [2.24, 2.45) is 0 Å². The Hall–Kier alpha value is -3.25. The Morgan fingerprint density at radius 2 is 1.81 bits per heavy atom. The molecular weight excluding hydrogens is 406 g/mol. The highest BCUT2D eigenvalue weighted by molar-refractivity contribution is 7.80. The van der Waals surface area contributed by atoms with Gasteiger partial charge in [0, 0.05) is 17.8 Å². The van der Waals surface area contributed by atoms with Crippen LogP contribution in [0.1, 0.15) is 38.8 Å². The number of amides is 2. The van der Waals surface area contributed by atoms with E-state index in [1.807, 2.05) is 30.3 Å². The van der Waals surface area contributed by atoms with Gasteiger partial charge in [0.05, 0.1) is 11.2 Å². The fraction of sp³-hybridized carbons (Fsp3) is 0.240. The molecule has 158 valence electrons. The summed E-state index contributed by atoms with van der Waals surface area (Å²) in [5, 5.41) is 2.72. The van der Waals surface area contributed by atoms with E-state index in [1.165, 1.54) is 10.5 Å². The minimum absolute atomic E-state index is 0.0579. The molecule has 1 fully saturated rings. The molecule has 4 rings (SSSR count). The third kappa shape index (κ3) is 3.68. The molecule has 5 nitrogen and oxygen atoms in total. The van der Waals surface area contributed by atoms with E-state index in [2.05, 4.69) is 50.1 Å². The van der Waals surface area contributed by atoms with E-state index >= 15 is 0 Å². The van der Waals surface area contributed by atoms with Gasteiger partial charge in [0.2, 0.25) is 0 Å². The van der Waals surface area contributed by atoms with E-state index in [1.54, 1.807) is 18.2 Å². The Bertz CT molecular complexity index is 1150. The molecule has 0 aliphatic carbocycles. The summed E-state index contributed by atoms with van der Waals surface area (Å²) in [5.74, 6) is -0.912. The predicted octanol–water partition coefficient (Wildman–Crippen LogP) is 4.54. The van der Waals surface area contributed by atoms with Crippen LogP contribution >= 0.6 is 12.2 Å². The zero-order chi connectivity index (χ0) is 22.3. The largest absolute Gasteiger partial charge is 0.363 e. The summed E-state index contributed by atoms with van der Waals surface area (Å²) in [5.41, 5.74) is 4.83. The first-order valence-corrected chi connectivity index (χ1v) is 10.7. The molecule has 0 spiro atoms. The Labute approximate surface area is 188 Å². The van der Waals surface area contributed by atoms with Crippen LogP contribution in [0.4, 0.5) is 11.4 Å². The van der Waals surface area contributed by atoms with Crippen LogP contribution in [0, 0.1) is 0 Å². The number of likely N-dealkylation sites (N-methyl/N-ethyl adjacent to an activating group) is 1. The van der Waals surface area contributed by atoms with Crippen molar-refractivity contribution in [1.29, 1.82) is 0 Å². The van der Waals surface area contributed by atoms with E-state index in [-0.39, 0.29) is 16.2 Å². The molecule has 2 aromatic rings. The molecule has 2 aliphatic heterocycles. The van der Waals surface area contributed by atoms with Crippen molar-refractivity contribution >= 4 is 52.2 Å². The second-order valence-corrected chi connectivity index (χ2v) is 8.68. The number of benzene rings is 2. The predicted molar refractivity (Wildman–Crippen MR) is 130 cm³/mol. The number of anilines is 2. The third-order valence-electron chi connectivity index (χ3n) is 5.74. The molecule has 0 saturated carbocycles. The summed E-state index contributed by atoms with van der Waals surface area (Å²) >= 11 is 5.26. The number of thiocarbonyl (C=S) groups is 1. The highest BCUT2D eigenvalue weighted by Crippen LogP contribution is 2.39. The third-order valence-corrected chi connectivity index (χ3v) is 6.03. The number of carbonyl (C=O) groups is 2. The summed E-state index contributed by atoms with van der Waals surface area (Å²) in [6.07, 6.45) is 3.89. The Balaban J connectivity index is 1.75. The number of para-hydroxylation sites is 1. The smallest absolute Gasteiger partial charge is 0.270 e. The fourth-order valence-corrected chi connectivity index (χ4v) is 4.69. The Kier molecular flexibility index (Phi) is 5.27. The van der Waals surface area contributed by atoms with Gasteiger partial charge in [-0.25, -0.2) is 0 Å². The molecule has 2 aromatic carbocycles. The van der Waals surface area contributed by atoms with Crippen LogP contribution in [0.2, 0.25) is 0 Å². The minimum Gasteiger partial charge on any atom is -0.363 e. The number of allylic oxidation sites excluding steroid dienone is 1. The lowest BCUT2D eigenvalue weighted by molar-refractivity contribution is -0.122. The normalized spacial score (nSPS) is 19.3. The monoisotopic (exact) mass is 431 g/mol. The molecule has 1 N–H and O–H groups in total. The zero-order valence-electron chi connectivity index (χ0n) is 18.1. The van der Waals surface area contributed by atoms with Gasteiger partial charge in [0.25, 0.3) is 11.8 Å². The van der Waals surface area contributed by atoms with Crippen molar-refractivity contribution in [1.82, 2.24) is 5.32 Å². The maximum atomic E-state index is 13.2. The van der Waals surface area contributed by atoms with Gasteiger partial charge < -0.3 is 4.90 Å². The van der Waals surface area contributed by atoms with Crippen LogP contribution in [-0.2, 0) is 9.59 Å². The molecule has 0 atom stereocenters. The standard InChI is InChI=1S/C25H25N3O2S/c1-5-27-21-12-11-17(13-19(21)16(2)15-25(27,3)4)14-20-22(29)26-24(31)28(23(20)30)18-9-7-6-8-10-18/h6-15H,5H2,1-4H3,(H,26,29,31)/b20-14-. The van der Waals surface area contributed by atoms with Crippen molar-refractivity contribution < 1.29 is 9.59 Å². The fourth-order valence-electron chi connectivity index (χ4n) is 4.40. The van der Waals surface area contributed by atoms with Crippen molar-refractivity contribution in [2.45, 2.75) is 33.2 Å². The summed E-state index contributed by atoms with van der Waals surface area (Å²) in [7, 11) is 0. The van der Waals surface area contributed by atoms with Crippen molar-refractivity contribution in [3.05, 3.63) is 71.3 Å². The lowest BCUT2D eigenvalue weighted by atomic mass is 9.88. The van der Waals surface area contributed by atoms with Gasteiger partial charge in [0.15, 0.2) is 5.11 Å². The average molecular weight is 432 g/mol. The number of fused-ring (bicyclic) bond motifs is 1. The van der Waals surface area contributed by atoms with Gasteiger partial charge >= 0.3 is 0 Å². The molecule has 0 radical (unpaired) electrons. The van der Waals surface area contributed by atoms with Gasteiger partial charge in [-0.2, -0.15) is 0 Å². The number of nitrogens with one attached hydrogen (secondary N) is 1. The number of hydrogen-bond acceptors (Lipinski definition) is 4. The van der Waals surface area contributed by atoms with Gasteiger partial charge in [-0.05, 0) is 81.4 Å². The van der Waals surface area contributed by atoms with Crippen LogP contribution < -0.4 is 15.1 Å². The Morgan fingerprint density at radius 3 is 2.48 bits per heavy atom. The van der Waals surface area contributed by atoms with Crippen LogP contribution in [0.25, 0.3) is 11.6 Å². The van der Waals surface area contributed by atoms with Crippen molar-refractivity contribution in [3.63, 3.8) is 0 Å². The first-order chi connectivity index (χ1) is 14.7. The highest BCUT2D eigenvalue weighted by Gasteiger charge is 2.35. The van der Waals surface area contributed by atoms with E-state index in [0.717, 1.165) is 23.4 Å². The average Bonchev–Trinajstić information content (AvgIpc) is 2.72. The van der Waals surface area contributed by atoms with Gasteiger partial charge in [-0.3, -0.25) is 19.8 Å². The SMILES string of the molecule is CCN1c2ccc(/C=C3/C(=O)NC(=S)N(c4ccccc4)C3=O)cc2C(C)=CC1(C)C. The van der Waals surface area contributed by atoms with Crippen LogP contribution in [-0.4, -0.2) is 29.0 Å². The second kappa shape index (κ2) is 7.78. The molecule has 2 heterocycles. The quantitative estimate of drug-likeness (QED) is 0.440. The molecule has 1 saturated heterocycles.